The van der Waals surface area contributed by atoms with Crippen LogP contribution in [0, 0.1) is 39.0 Å². The van der Waals surface area contributed by atoms with Crippen molar-refractivity contribution in [3.05, 3.63) is 175 Å². The molecule has 0 saturated heterocycles. The van der Waals surface area contributed by atoms with Crippen molar-refractivity contribution in [1.82, 2.24) is 15.0 Å². The Balaban J connectivity index is 0.000000195. The van der Waals surface area contributed by atoms with Crippen LogP contribution in [0.25, 0.3) is 22.5 Å². The number of hydrogen-bond donors (Lipinski definition) is 0. The molecule has 3 aromatic heterocycles. The van der Waals surface area contributed by atoms with Gasteiger partial charge in [0.15, 0.2) is 0 Å². The van der Waals surface area contributed by atoms with Crippen molar-refractivity contribution in [2.45, 2.75) is 20.8 Å². The van der Waals surface area contributed by atoms with Crippen molar-refractivity contribution in [1.29, 1.82) is 0 Å². The number of hydrogen-bond acceptors (Lipinski definition) is 3. The molecule has 40 heavy (non-hydrogen) atoms. The van der Waals surface area contributed by atoms with Crippen LogP contribution in [-0.2, 0) is 20.1 Å². The molecule has 200 valence electrons. The Morgan fingerprint density at radius 3 is 1.25 bits per heavy atom. The summed E-state index contributed by atoms with van der Waals surface area (Å²) in [6.45, 7) is 6.16. The molecule has 0 amide bonds. The van der Waals surface area contributed by atoms with E-state index in [0.29, 0.717) is 0 Å². The first kappa shape index (κ1) is 32.0. The van der Waals surface area contributed by atoms with Gasteiger partial charge in [0, 0.05) is 24.8 Å². The number of rotatable bonds is 2. The summed E-state index contributed by atoms with van der Waals surface area (Å²) in [5.74, 6) is 0. The Morgan fingerprint density at radius 1 is 0.475 bits per heavy atom. The number of pyridine rings is 3. The summed E-state index contributed by atoms with van der Waals surface area (Å²) in [5, 5.41) is 0. The number of aromatic nitrogens is 3. The Kier molecular flexibility index (Phi) is 15.1. The van der Waals surface area contributed by atoms with E-state index in [2.05, 4.69) is 72.1 Å². The molecule has 0 N–H and O–H groups in total. The summed E-state index contributed by atoms with van der Waals surface area (Å²) in [6.07, 6.45) is 7.09. The molecule has 0 aliphatic carbocycles. The molecule has 0 spiro atoms. The van der Waals surface area contributed by atoms with Gasteiger partial charge in [-0.3, -0.25) is 4.98 Å². The van der Waals surface area contributed by atoms with E-state index in [0.717, 1.165) is 22.5 Å². The van der Waals surface area contributed by atoms with E-state index >= 15 is 0 Å². The van der Waals surface area contributed by atoms with Crippen LogP contribution in [0.4, 0.5) is 0 Å². The Bertz CT molecular complexity index is 1320. The summed E-state index contributed by atoms with van der Waals surface area (Å²) < 4.78 is 0. The molecule has 0 atom stereocenters. The first-order chi connectivity index (χ1) is 19.1. The molecular weight excluding hydrogens is 667 g/mol. The molecular formula is C36H32IrN3. The minimum Gasteiger partial charge on any atom is -0.305 e. The fourth-order valence-electron chi connectivity index (χ4n) is 3.16. The van der Waals surface area contributed by atoms with Gasteiger partial charge in [-0.05, 0) is 35.7 Å². The molecule has 4 heteroatoms. The third kappa shape index (κ3) is 12.5. The molecule has 3 nitrogen and oxygen atoms in total. The van der Waals surface area contributed by atoms with Crippen LogP contribution >= 0.6 is 0 Å². The van der Waals surface area contributed by atoms with Gasteiger partial charge in [0.1, 0.15) is 0 Å². The molecule has 6 aromatic rings. The van der Waals surface area contributed by atoms with Crippen LogP contribution < -0.4 is 0 Å². The van der Waals surface area contributed by atoms with Crippen molar-refractivity contribution < 1.29 is 20.1 Å². The average molecular weight is 699 g/mol. The summed E-state index contributed by atoms with van der Waals surface area (Å²) in [5.41, 5.74) is 7.75. The fraction of sp³-hybridized carbons (Fsp3) is 0.0833. The number of aryl methyl sites for hydroxylation is 3. The molecule has 0 aliphatic rings. The van der Waals surface area contributed by atoms with Crippen molar-refractivity contribution in [2.75, 3.05) is 0 Å². The van der Waals surface area contributed by atoms with Gasteiger partial charge >= 0.3 is 20.1 Å². The molecule has 6 rings (SSSR count). The van der Waals surface area contributed by atoms with Crippen LogP contribution in [0.2, 0.25) is 0 Å². The molecule has 0 bridgehead atoms. The largest absolute Gasteiger partial charge is 3.00 e. The molecule has 0 unspecified atom stereocenters. The average Bonchev–Trinajstić information content (AvgIpc) is 3.01. The zero-order valence-corrected chi connectivity index (χ0v) is 25.3. The van der Waals surface area contributed by atoms with E-state index < -0.39 is 0 Å². The molecule has 3 aromatic carbocycles. The summed E-state index contributed by atoms with van der Waals surface area (Å²) in [6, 6.07) is 46.9. The van der Waals surface area contributed by atoms with E-state index in [-0.39, 0.29) is 20.1 Å². The minimum absolute atomic E-state index is 0. The smallest absolute Gasteiger partial charge is 0.305 e. The molecule has 0 saturated carbocycles. The summed E-state index contributed by atoms with van der Waals surface area (Å²) >= 11 is 0. The Morgan fingerprint density at radius 2 is 0.975 bits per heavy atom. The van der Waals surface area contributed by atoms with E-state index in [1.807, 2.05) is 97.1 Å². The molecule has 0 aliphatic heterocycles. The molecule has 0 radical (unpaired) electrons. The molecule has 0 fully saturated rings. The van der Waals surface area contributed by atoms with Gasteiger partial charge in [-0.15, -0.1) is 70.8 Å². The van der Waals surface area contributed by atoms with Gasteiger partial charge in [-0.1, -0.05) is 51.1 Å². The van der Waals surface area contributed by atoms with Gasteiger partial charge in [-0.25, -0.2) is 0 Å². The van der Waals surface area contributed by atoms with Gasteiger partial charge < -0.3 is 9.97 Å². The topological polar surface area (TPSA) is 38.7 Å². The fourth-order valence-corrected chi connectivity index (χ4v) is 3.16. The maximum atomic E-state index is 4.25. The second-order valence-corrected chi connectivity index (χ2v) is 8.59. The SMILES string of the molecule is Cc1c[c-]c(-c2ccccn2)cc1.Cc1c[c-]c(-c2ccccn2)cc1.Cc1c[c-]ccc1.[Ir+3].c1ccncc1. The van der Waals surface area contributed by atoms with E-state index in [4.69, 9.17) is 0 Å². The number of benzene rings is 3. The van der Waals surface area contributed by atoms with Crippen LogP contribution in [0.15, 0.2) is 140 Å². The van der Waals surface area contributed by atoms with Gasteiger partial charge in [0.2, 0.25) is 0 Å². The third-order valence-electron chi connectivity index (χ3n) is 5.25. The minimum atomic E-state index is 0. The van der Waals surface area contributed by atoms with Crippen molar-refractivity contribution in [3.8, 4) is 22.5 Å². The second kappa shape index (κ2) is 18.9. The third-order valence-corrected chi connectivity index (χ3v) is 5.25. The van der Waals surface area contributed by atoms with Gasteiger partial charge in [0.05, 0.1) is 0 Å². The van der Waals surface area contributed by atoms with Crippen LogP contribution in [0.5, 0.6) is 0 Å². The Labute approximate surface area is 252 Å². The maximum absolute atomic E-state index is 4.25. The van der Waals surface area contributed by atoms with E-state index in [1.54, 1.807) is 24.8 Å². The first-order valence-corrected chi connectivity index (χ1v) is 12.7. The summed E-state index contributed by atoms with van der Waals surface area (Å²) in [7, 11) is 0. The predicted octanol–water partition coefficient (Wildman–Crippen LogP) is 8.59. The van der Waals surface area contributed by atoms with Gasteiger partial charge in [0.25, 0.3) is 0 Å². The van der Waals surface area contributed by atoms with Crippen molar-refractivity contribution in [3.63, 3.8) is 0 Å². The first-order valence-electron chi connectivity index (χ1n) is 12.7. The molecule has 3 heterocycles. The second-order valence-electron chi connectivity index (χ2n) is 8.59. The van der Waals surface area contributed by atoms with Crippen LogP contribution in [0.3, 0.4) is 0 Å². The maximum Gasteiger partial charge on any atom is 3.00 e. The van der Waals surface area contributed by atoms with Crippen LogP contribution in [0.1, 0.15) is 16.7 Å². The zero-order chi connectivity index (χ0) is 27.5. The van der Waals surface area contributed by atoms with Crippen molar-refractivity contribution in [2.24, 2.45) is 0 Å². The Hall–Kier alpha value is -4.24. The summed E-state index contributed by atoms with van der Waals surface area (Å²) in [4.78, 5) is 12.3. The number of nitrogens with zero attached hydrogens (tertiary/aromatic N) is 3. The van der Waals surface area contributed by atoms with Crippen LogP contribution in [-0.4, -0.2) is 15.0 Å². The van der Waals surface area contributed by atoms with Gasteiger partial charge in [-0.2, -0.15) is 35.9 Å². The van der Waals surface area contributed by atoms with Crippen molar-refractivity contribution >= 4 is 0 Å². The quantitative estimate of drug-likeness (QED) is 0.170. The normalized spacial score (nSPS) is 9.18. The monoisotopic (exact) mass is 699 g/mol. The zero-order valence-electron chi connectivity index (χ0n) is 23.0. The van der Waals surface area contributed by atoms with E-state index in [1.165, 1.54) is 16.7 Å². The van der Waals surface area contributed by atoms with E-state index in [9.17, 15) is 0 Å². The standard InChI is InChI=1S/2C12H10N.C7H7.C5H5N.Ir/c2*1-10-5-7-11(8-6-10)12-4-2-3-9-13-12;1-7-5-3-2-4-6-7;1-2-4-6-5-3-1;/h2*2-7,9H,1H3;2-3,5-6H,1H3;1-5H;/q3*-1;;+3. The predicted molar refractivity (Wildman–Crippen MR) is 161 cm³/mol.